The van der Waals surface area contributed by atoms with E-state index in [2.05, 4.69) is 16.6 Å². The largest absolute Gasteiger partial charge is 0.432 e. The third-order valence-corrected chi connectivity index (χ3v) is 6.31. The molecule has 0 radical (unpaired) electrons. The van der Waals surface area contributed by atoms with Gasteiger partial charge in [-0.2, -0.15) is 22.0 Å². The van der Waals surface area contributed by atoms with Crippen LogP contribution in [-0.2, 0) is 32.9 Å². The average Bonchev–Trinajstić information content (AvgIpc) is 2.92. The molecule has 0 aliphatic carbocycles. The molecule has 1 aliphatic rings. The minimum absolute atomic E-state index is 0.114. The van der Waals surface area contributed by atoms with E-state index in [0.717, 1.165) is 12.0 Å². The monoisotopic (exact) mass is 632 g/mol. The van der Waals surface area contributed by atoms with Crippen LogP contribution in [0.5, 0.6) is 5.75 Å². The maximum atomic E-state index is 14.6. The molecular weight excluding hydrogens is 607 g/mol. The van der Waals surface area contributed by atoms with Crippen LogP contribution in [0.2, 0.25) is 0 Å². The molecule has 0 unspecified atom stereocenters. The van der Waals surface area contributed by atoms with Gasteiger partial charge in [0.1, 0.15) is 40.1 Å². The van der Waals surface area contributed by atoms with Gasteiger partial charge in [0.05, 0.1) is 19.8 Å². The third kappa shape index (κ3) is 8.25. The minimum atomic E-state index is -5.46. The van der Waals surface area contributed by atoms with Crippen LogP contribution in [0.4, 0.5) is 39.5 Å². The summed E-state index contributed by atoms with van der Waals surface area (Å²) in [5, 5.41) is 0. The average molecular weight is 633 g/mol. The van der Waals surface area contributed by atoms with Crippen LogP contribution in [0.15, 0.2) is 48.5 Å². The number of rotatable bonds is 9. The number of hydrogen-bond acceptors (Lipinski definition) is 4. The highest BCUT2D eigenvalue weighted by Gasteiger charge is 2.43. The molecule has 0 amide bonds. The maximum Gasteiger partial charge on any atom is 0.432 e. The van der Waals surface area contributed by atoms with Gasteiger partial charge in [0.2, 0.25) is 0 Å². The van der Waals surface area contributed by atoms with Crippen molar-refractivity contribution in [1.29, 1.82) is 0 Å². The van der Waals surface area contributed by atoms with E-state index in [1.165, 1.54) is 0 Å². The van der Waals surface area contributed by atoms with Gasteiger partial charge in [-0.3, -0.25) is 0 Å². The van der Waals surface area contributed by atoms with E-state index in [4.69, 9.17) is 14.2 Å². The highest BCUT2D eigenvalue weighted by atomic mass is 19.4. The third-order valence-electron chi connectivity index (χ3n) is 6.31. The van der Waals surface area contributed by atoms with Gasteiger partial charge in [-0.05, 0) is 36.2 Å². The molecule has 1 heterocycles. The van der Waals surface area contributed by atoms with Gasteiger partial charge in [0.25, 0.3) is 0 Å². The summed E-state index contributed by atoms with van der Waals surface area (Å²) in [5.74, 6) is -3.84. The Balaban J connectivity index is 1.38. The summed E-state index contributed by atoms with van der Waals surface area (Å²) in [5.41, 5.74) is -3.05. The first-order valence-corrected chi connectivity index (χ1v) is 13.3. The second-order valence-corrected chi connectivity index (χ2v) is 9.85. The van der Waals surface area contributed by atoms with Gasteiger partial charge in [-0.1, -0.05) is 30.9 Å². The van der Waals surface area contributed by atoms with E-state index in [1.54, 1.807) is 24.3 Å². The van der Waals surface area contributed by atoms with Crippen molar-refractivity contribution in [3.63, 3.8) is 0 Å². The van der Waals surface area contributed by atoms with Crippen molar-refractivity contribution in [2.24, 2.45) is 5.92 Å². The fourth-order valence-corrected chi connectivity index (χ4v) is 4.28. The van der Waals surface area contributed by atoms with Crippen LogP contribution < -0.4 is 4.74 Å². The Hall–Kier alpha value is -3.73. The van der Waals surface area contributed by atoms with Gasteiger partial charge in [-0.25, -0.2) is 17.6 Å². The molecule has 4 rings (SSSR count). The number of alkyl halides is 5. The predicted molar refractivity (Wildman–Crippen MR) is 139 cm³/mol. The molecule has 0 atom stereocenters. The molecule has 0 aromatic heterocycles. The van der Waals surface area contributed by atoms with E-state index in [-0.39, 0.29) is 30.0 Å². The predicted octanol–water partition coefficient (Wildman–Crippen LogP) is 8.07. The Morgan fingerprint density at radius 2 is 1.39 bits per heavy atom. The Morgan fingerprint density at radius 1 is 0.818 bits per heavy atom. The van der Waals surface area contributed by atoms with Crippen LogP contribution >= 0.6 is 0 Å². The Bertz CT molecular complexity index is 1460. The van der Waals surface area contributed by atoms with E-state index in [1.807, 2.05) is 6.92 Å². The Labute approximate surface area is 246 Å². The molecule has 236 valence electrons. The smallest absolute Gasteiger partial charge is 0.429 e. The molecule has 1 aliphatic heterocycles. The van der Waals surface area contributed by atoms with Crippen molar-refractivity contribution >= 4 is 0 Å². The fraction of sp³-hybridized carbons (Fsp3) is 0.355. The van der Waals surface area contributed by atoms with Crippen molar-refractivity contribution < 1.29 is 58.5 Å². The van der Waals surface area contributed by atoms with Crippen LogP contribution in [0.3, 0.4) is 0 Å². The summed E-state index contributed by atoms with van der Waals surface area (Å²) in [6.07, 6.45) is -10.2. The van der Waals surface area contributed by atoms with Crippen molar-refractivity contribution in [3.05, 3.63) is 99.6 Å². The Morgan fingerprint density at radius 3 is 1.93 bits per heavy atom. The zero-order valence-electron chi connectivity index (χ0n) is 23.1. The first-order valence-electron chi connectivity index (χ1n) is 13.3. The molecule has 13 heteroatoms. The zero-order chi connectivity index (χ0) is 32.1. The minimum Gasteiger partial charge on any atom is -0.429 e. The van der Waals surface area contributed by atoms with E-state index in [9.17, 15) is 39.5 Å². The molecule has 0 spiro atoms. The molecule has 3 aromatic carbocycles. The molecule has 3 aromatic rings. The van der Waals surface area contributed by atoms with Crippen LogP contribution in [-0.4, -0.2) is 26.4 Å². The summed E-state index contributed by atoms with van der Waals surface area (Å²) in [6.45, 7) is 4.20. The van der Waals surface area contributed by atoms with Crippen molar-refractivity contribution in [1.82, 2.24) is 0 Å². The number of hydrogen-bond donors (Lipinski definition) is 0. The second-order valence-electron chi connectivity index (χ2n) is 9.85. The van der Waals surface area contributed by atoms with E-state index >= 15 is 0 Å². The lowest BCUT2D eigenvalue weighted by Crippen LogP contribution is -2.30. The van der Waals surface area contributed by atoms with E-state index in [0.29, 0.717) is 44.1 Å². The summed E-state index contributed by atoms with van der Waals surface area (Å²) in [4.78, 5) is 0. The summed E-state index contributed by atoms with van der Waals surface area (Å²) in [7, 11) is 0. The fourth-order valence-electron chi connectivity index (χ4n) is 4.28. The summed E-state index contributed by atoms with van der Waals surface area (Å²) < 4.78 is 145. The molecule has 4 nitrogen and oxygen atoms in total. The number of ether oxygens (including phenoxy) is 4. The lowest BCUT2D eigenvalue weighted by molar-refractivity contribution is -0.212. The molecule has 1 saturated heterocycles. The van der Waals surface area contributed by atoms with Crippen molar-refractivity contribution in [3.8, 4) is 17.6 Å². The summed E-state index contributed by atoms with van der Waals surface area (Å²) >= 11 is 0. The standard InChI is InChI=1S/C31H25F9O4/c1-2-10-41-15-20-16-42-29(43-17-20)21-8-6-18(7-9-21)4-3-5-19-11-23(32)28(24(33)12-19)31(39,40)44-22-13-25(34)27(26(35)14-22)30(36,37)38/h6-9,11-14,20,29H,2,5,10,15-17H2,1H3. The maximum absolute atomic E-state index is 14.6. The van der Waals surface area contributed by atoms with Gasteiger partial charge in [0, 0.05) is 42.2 Å². The molecular formula is C31H25F9O4. The number of benzene rings is 3. The summed E-state index contributed by atoms with van der Waals surface area (Å²) in [6, 6.07) is 7.66. The first-order chi connectivity index (χ1) is 20.8. The van der Waals surface area contributed by atoms with Crippen molar-refractivity contribution in [2.45, 2.75) is 38.3 Å². The van der Waals surface area contributed by atoms with Crippen molar-refractivity contribution in [2.75, 3.05) is 26.4 Å². The second kappa shape index (κ2) is 13.9. The number of halogens is 9. The Kier molecular flexibility index (Phi) is 10.5. The van der Waals surface area contributed by atoms with Crippen LogP contribution in [0.1, 0.15) is 47.5 Å². The van der Waals surface area contributed by atoms with Gasteiger partial charge in [-0.15, -0.1) is 0 Å². The molecule has 0 bridgehead atoms. The van der Waals surface area contributed by atoms with Crippen LogP contribution in [0.25, 0.3) is 0 Å². The highest BCUT2D eigenvalue weighted by Crippen LogP contribution is 2.39. The zero-order valence-corrected chi connectivity index (χ0v) is 23.1. The van der Waals surface area contributed by atoms with Gasteiger partial charge in [0.15, 0.2) is 6.29 Å². The SMILES string of the molecule is CCCOCC1COC(c2ccc(C#CCc3cc(F)c(C(F)(F)Oc4cc(F)c(C(F)(F)F)c(F)c4)c(F)c3)cc2)OC1. The molecule has 0 saturated carbocycles. The normalized spacial score (nSPS) is 17.2. The van der Waals surface area contributed by atoms with Gasteiger partial charge < -0.3 is 18.9 Å². The lowest BCUT2D eigenvalue weighted by Gasteiger charge is -2.29. The molecule has 0 N–H and O–H groups in total. The van der Waals surface area contributed by atoms with E-state index < -0.39 is 58.7 Å². The molecule has 44 heavy (non-hydrogen) atoms. The lowest BCUT2D eigenvalue weighted by atomic mass is 10.1. The van der Waals surface area contributed by atoms with Crippen LogP contribution in [0, 0.1) is 41.0 Å². The quantitative estimate of drug-likeness (QED) is 0.136. The van der Waals surface area contributed by atoms with Gasteiger partial charge >= 0.3 is 12.3 Å². The first kappa shape index (κ1) is 33.2. The highest BCUT2D eigenvalue weighted by molar-refractivity contribution is 5.39. The topological polar surface area (TPSA) is 36.9 Å². The molecule has 1 fully saturated rings.